The summed E-state index contributed by atoms with van der Waals surface area (Å²) in [7, 11) is 0. The fourth-order valence-electron chi connectivity index (χ4n) is 1.35. The maximum Gasteiger partial charge on any atom is 0.238 e. The van der Waals surface area contributed by atoms with Crippen molar-refractivity contribution in [3.8, 4) is 0 Å². The quantitative estimate of drug-likeness (QED) is 0.812. The smallest absolute Gasteiger partial charge is 0.238 e. The van der Waals surface area contributed by atoms with Gasteiger partial charge in [0, 0.05) is 0 Å². The van der Waals surface area contributed by atoms with Gasteiger partial charge in [-0.2, -0.15) is 0 Å². The minimum absolute atomic E-state index is 0. The summed E-state index contributed by atoms with van der Waals surface area (Å²) in [6.07, 6.45) is 1.01. The summed E-state index contributed by atoms with van der Waals surface area (Å²) in [5, 5.41) is 6.42. The van der Waals surface area contributed by atoms with Crippen molar-refractivity contribution in [1.82, 2.24) is 5.32 Å². The highest BCUT2D eigenvalue weighted by atomic mass is 35.5. The average Bonchev–Trinajstić information content (AvgIpc) is 2.24. The van der Waals surface area contributed by atoms with E-state index < -0.39 is 0 Å². The van der Waals surface area contributed by atoms with Crippen LogP contribution in [0.15, 0.2) is 18.2 Å². The lowest BCUT2D eigenvalue weighted by Gasteiger charge is -2.10. The van der Waals surface area contributed by atoms with Crippen molar-refractivity contribution in [2.45, 2.75) is 20.3 Å². The van der Waals surface area contributed by atoms with E-state index in [0.29, 0.717) is 17.3 Å². The molecule has 0 unspecified atom stereocenters. The zero-order chi connectivity index (χ0) is 12.0. The molecule has 1 aromatic rings. The lowest BCUT2D eigenvalue weighted by atomic mass is 10.2. The predicted octanol–water partition coefficient (Wildman–Crippen LogP) is 3.01. The van der Waals surface area contributed by atoms with Crippen LogP contribution in [0.3, 0.4) is 0 Å². The van der Waals surface area contributed by atoms with Gasteiger partial charge in [0.05, 0.1) is 17.3 Å². The first-order chi connectivity index (χ1) is 7.65. The van der Waals surface area contributed by atoms with Crippen molar-refractivity contribution in [3.63, 3.8) is 0 Å². The van der Waals surface area contributed by atoms with Crippen molar-refractivity contribution < 1.29 is 4.79 Å². The summed E-state index contributed by atoms with van der Waals surface area (Å²) < 4.78 is 0. The van der Waals surface area contributed by atoms with Crippen molar-refractivity contribution in [1.29, 1.82) is 0 Å². The van der Waals surface area contributed by atoms with Gasteiger partial charge in [0.1, 0.15) is 0 Å². The Hall–Kier alpha value is -0.770. The number of carbonyl (C=O) groups excluding carboxylic acids is 1. The Kier molecular flexibility index (Phi) is 7.96. The molecule has 0 aliphatic rings. The first-order valence-corrected chi connectivity index (χ1v) is 5.78. The predicted molar refractivity (Wildman–Crippen MR) is 75.2 cm³/mol. The van der Waals surface area contributed by atoms with Crippen LogP contribution in [0.25, 0.3) is 0 Å². The minimum Gasteiger partial charge on any atom is -0.323 e. The molecule has 0 fully saturated rings. The van der Waals surface area contributed by atoms with E-state index in [2.05, 4.69) is 17.6 Å². The molecule has 0 atom stereocenters. The van der Waals surface area contributed by atoms with Gasteiger partial charge < -0.3 is 10.6 Å². The van der Waals surface area contributed by atoms with Crippen LogP contribution in [-0.2, 0) is 4.79 Å². The molecule has 0 aliphatic heterocycles. The second kappa shape index (κ2) is 8.34. The van der Waals surface area contributed by atoms with Crippen molar-refractivity contribution in [3.05, 3.63) is 28.8 Å². The van der Waals surface area contributed by atoms with E-state index in [-0.39, 0.29) is 18.3 Å². The Morgan fingerprint density at radius 1 is 1.41 bits per heavy atom. The minimum atomic E-state index is -0.0651. The second-order valence-corrected chi connectivity index (χ2v) is 4.06. The molecule has 0 spiro atoms. The summed E-state index contributed by atoms with van der Waals surface area (Å²) in [6, 6.07) is 5.55. The van der Waals surface area contributed by atoms with Crippen LogP contribution in [0.1, 0.15) is 18.9 Å². The summed E-state index contributed by atoms with van der Waals surface area (Å²) in [5.74, 6) is -0.0651. The van der Waals surface area contributed by atoms with Gasteiger partial charge >= 0.3 is 0 Å². The number of para-hydroxylation sites is 1. The second-order valence-electron chi connectivity index (χ2n) is 3.66. The third-order valence-electron chi connectivity index (χ3n) is 2.20. The number of anilines is 1. The number of halogens is 2. The van der Waals surface area contributed by atoms with Crippen LogP contribution in [0.2, 0.25) is 5.02 Å². The number of benzene rings is 1. The highest BCUT2D eigenvalue weighted by Crippen LogP contribution is 2.24. The molecule has 0 saturated carbocycles. The molecule has 0 saturated heterocycles. The molecule has 0 radical (unpaired) electrons. The van der Waals surface area contributed by atoms with Gasteiger partial charge in [-0.25, -0.2) is 0 Å². The van der Waals surface area contributed by atoms with E-state index in [1.54, 1.807) is 6.07 Å². The largest absolute Gasteiger partial charge is 0.323 e. The molecule has 2 N–H and O–H groups in total. The third kappa shape index (κ3) is 5.39. The van der Waals surface area contributed by atoms with Crippen LogP contribution >= 0.6 is 24.0 Å². The number of aryl methyl sites for hydroxylation is 1. The summed E-state index contributed by atoms with van der Waals surface area (Å²) in [6.45, 7) is 5.14. The maximum atomic E-state index is 11.6. The zero-order valence-corrected chi connectivity index (χ0v) is 11.6. The van der Waals surface area contributed by atoms with Crippen molar-refractivity contribution in [2.24, 2.45) is 0 Å². The highest BCUT2D eigenvalue weighted by Gasteiger charge is 2.07. The number of hydrogen-bond donors (Lipinski definition) is 2. The molecule has 96 valence electrons. The molecule has 1 rings (SSSR count). The highest BCUT2D eigenvalue weighted by molar-refractivity contribution is 6.33. The third-order valence-corrected chi connectivity index (χ3v) is 2.51. The molecular weight excluding hydrogens is 259 g/mol. The fraction of sp³-hybridized carbons (Fsp3) is 0.417. The standard InChI is InChI=1S/C12H17ClN2O.ClH/c1-3-7-14-8-11(16)15-12-9(2)5-4-6-10(12)13;/h4-6,14H,3,7-8H2,1-2H3,(H,15,16);1H. The number of nitrogens with one attached hydrogen (secondary N) is 2. The molecule has 1 aromatic carbocycles. The van der Waals surface area contributed by atoms with Gasteiger partial charge in [-0.1, -0.05) is 30.7 Å². The van der Waals surface area contributed by atoms with Gasteiger partial charge in [-0.3, -0.25) is 4.79 Å². The first kappa shape index (κ1) is 16.2. The molecule has 17 heavy (non-hydrogen) atoms. The average molecular weight is 277 g/mol. The molecule has 0 aliphatic carbocycles. The maximum absolute atomic E-state index is 11.6. The lowest BCUT2D eigenvalue weighted by Crippen LogP contribution is -2.28. The van der Waals surface area contributed by atoms with Crippen LogP contribution in [-0.4, -0.2) is 19.0 Å². The Morgan fingerprint density at radius 2 is 2.12 bits per heavy atom. The Balaban J connectivity index is 0.00000256. The first-order valence-electron chi connectivity index (χ1n) is 5.40. The van der Waals surface area contributed by atoms with E-state index in [9.17, 15) is 4.79 Å². The zero-order valence-electron chi connectivity index (χ0n) is 10.0. The fourth-order valence-corrected chi connectivity index (χ4v) is 1.62. The normalized spacial score (nSPS) is 9.59. The van der Waals surface area contributed by atoms with Crippen LogP contribution in [0, 0.1) is 6.92 Å². The molecule has 0 aromatic heterocycles. The van der Waals surface area contributed by atoms with Gasteiger partial charge in [-0.05, 0) is 31.5 Å². The van der Waals surface area contributed by atoms with Gasteiger partial charge in [0.2, 0.25) is 5.91 Å². The number of rotatable bonds is 5. The lowest BCUT2D eigenvalue weighted by molar-refractivity contribution is -0.115. The van der Waals surface area contributed by atoms with Gasteiger partial charge in [0.15, 0.2) is 0 Å². The van der Waals surface area contributed by atoms with Crippen molar-refractivity contribution in [2.75, 3.05) is 18.4 Å². The van der Waals surface area contributed by atoms with E-state index in [0.717, 1.165) is 18.5 Å². The Bertz CT molecular complexity index is 349. The molecule has 1 amide bonds. The number of carbonyl (C=O) groups is 1. The Labute approximate surface area is 113 Å². The van der Waals surface area contributed by atoms with Crippen molar-refractivity contribution >= 4 is 35.6 Å². The van der Waals surface area contributed by atoms with Crippen LogP contribution < -0.4 is 10.6 Å². The SMILES string of the molecule is CCCNCC(=O)Nc1c(C)cccc1Cl.Cl. The Morgan fingerprint density at radius 3 is 2.71 bits per heavy atom. The van der Waals surface area contributed by atoms with Gasteiger partial charge in [-0.15, -0.1) is 12.4 Å². The molecule has 3 nitrogen and oxygen atoms in total. The van der Waals surface area contributed by atoms with E-state index in [1.165, 1.54) is 0 Å². The van der Waals surface area contributed by atoms with Gasteiger partial charge in [0.25, 0.3) is 0 Å². The topological polar surface area (TPSA) is 41.1 Å². The van der Waals surface area contributed by atoms with E-state index >= 15 is 0 Å². The van der Waals surface area contributed by atoms with E-state index in [4.69, 9.17) is 11.6 Å². The summed E-state index contributed by atoms with van der Waals surface area (Å²) in [5.41, 5.74) is 1.67. The van der Waals surface area contributed by atoms with Crippen LogP contribution in [0.4, 0.5) is 5.69 Å². The summed E-state index contributed by atoms with van der Waals surface area (Å²) in [4.78, 5) is 11.6. The molecule has 0 heterocycles. The number of amides is 1. The number of hydrogen-bond acceptors (Lipinski definition) is 2. The molecule has 5 heteroatoms. The van der Waals surface area contributed by atoms with E-state index in [1.807, 2.05) is 19.1 Å². The molecular formula is C12H18Cl2N2O. The molecule has 0 bridgehead atoms. The van der Waals surface area contributed by atoms with Crippen LogP contribution in [0.5, 0.6) is 0 Å². The summed E-state index contributed by atoms with van der Waals surface area (Å²) >= 11 is 6.00. The monoisotopic (exact) mass is 276 g/mol.